The molecule has 0 spiro atoms. The van der Waals surface area contributed by atoms with Crippen molar-refractivity contribution in [2.24, 2.45) is 5.73 Å². The van der Waals surface area contributed by atoms with E-state index in [-0.39, 0.29) is 19.3 Å². The fraction of sp³-hybridized carbons (Fsp3) is 0.321. The molecule has 4 unspecified atom stereocenters. The number of H-pyrrole nitrogens is 1. The van der Waals surface area contributed by atoms with Crippen molar-refractivity contribution in [3.05, 3.63) is 71.9 Å². The number of nitrogens with two attached hydrogens (primary N) is 1. The van der Waals surface area contributed by atoms with E-state index < -0.39 is 60.2 Å². The van der Waals surface area contributed by atoms with Crippen LogP contribution in [0, 0.1) is 0 Å². The van der Waals surface area contributed by atoms with Gasteiger partial charge in [0.2, 0.25) is 17.7 Å². The first-order valence-electron chi connectivity index (χ1n) is 12.8. The van der Waals surface area contributed by atoms with E-state index in [0.717, 1.165) is 16.5 Å². The third kappa shape index (κ3) is 8.40. The fourth-order valence-electron chi connectivity index (χ4n) is 4.15. The third-order valence-corrected chi connectivity index (χ3v) is 6.38. The Morgan fingerprint density at radius 3 is 2.12 bits per heavy atom. The second-order valence-electron chi connectivity index (χ2n) is 9.48. The Balaban J connectivity index is 1.74. The fourth-order valence-corrected chi connectivity index (χ4v) is 4.15. The molecule has 4 atom stereocenters. The highest BCUT2D eigenvalue weighted by Gasteiger charge is 2.30. The van der Waals surface area contributed by atoms with Crippen LogP contribution in [-0.2, 0) is 36.8 Å². The summed E-state index contributed by atoms with van der Waals surface area (Å²) in [4.78, 5) is 64.8. The summed E-state index contributed by atoms with van der Waals surface area (Å²) < 4.78 is 0. The largest absolute Gasteiger partial charge is 0.481 e. The molecule has 0 bridgehead atoms. The summed E-state index contributed by atoms with van der Waals surface area (Å²) in [5.74, 6) is -4.64. The predicted octanol–water partition coefficient (Wildman–Crippen LogP) is 0.704. The number of rotatable bonds is 14. The molecule has 0 aliphatic rings. The van der Waals surface area contributed by atoms with Crippen LogP contribution in [0.5, 0.6) is 0 Å². The Labute approximate surface area is 230 Å². The number of aromatic amines is 1. The number of nitrogens with one attached hydrogen (secondary N) is 4. The summed E-state index contributed by atoms with van der Waals surface area (Å²) in [6.07, 6.45) is 1.26. The molecule has 8 N–H and O–H groups in total. The van der Waals surface area contributed by atoms with Crippen molar-refractivity contribution in [3.63, 3.8) is 0 Å². The molecule has 3 amide bonds. The Hall–Kier alpha value is -4.71. The molecule has 40 heavy (non-hydrogen) atoms. The number of carbonyl (C=O) groups is 5. The van der Waals surface area contributed by atoms with E-state index >= 15 is 0 Å². The molecule has 0 radical (unpaired) electrons. The first-order chi connectivity index (χ1) is 19.0. The van der Waals surface area contributed by atoms with Crippen molar-refractivity contribution in [1.82, 2.24) is 20.9 Å². The average Bonchev–Trinajstić information content (AvgIpc) is 3.33. The topological polar surface area (TPSA) is 204 Å². The number of amides is 3. The van der Waals surface area contributed by atoms with E-state index in [9.17, 15) is 34.2 Å². The number of fused-ring (bicyclic) bond motifs is 1. The summed E-state index contributed by atoms with van der Waals surface area (Å²) in [6.45, 7) is 1.28. The van der Waals surface area contributed by atoms with Gasteiger partial charge in [0, 0.05) is 29.9 Å². The van der Waals surface area contributed by atoms with E-state index in [0.29, 0.717) is 5.56 Å². The Kier molecular flexibility index (Phi) is 10.4. The number of aromatic nitrogens is 1. The quantitative estimate of drug-likeness (QED) is 0.152. The Morgan fingerprint density at radius 1 is 0.825 bits per heavy atom. The van der Waals surface area contributed by atoms with Crippen molar-refractivity contribution in [2.45, 2.75) is 56.8 Å². The van der Waals surface area contributed by atoms with Gasteiger partial charge < -0.3 is 36.9 Å². The van der Waals surface area contributed by atoms with Crippen molar-refractivity contribution in [2.75, 3.05) is 0 Å². The van der Waals surface area contributed by atoms with Crippen LogP contribution < -0.4 is 21.7 Å². The monoisotopic (exact) mass is 551 g/mol. The lowest BCUT2D eigenvalue weighted by molar-refractivity contribution is -0.141. The van der Waals surface area contributed by atoms with Gasteiger partial charge in [-0.1, -0.05) is 48.5 Å². The van der Waals surface area contributed by atoms with E-state index in [4.69, 9.17) is 5.73 Å². The zero-order valence-electron chi connectivity index (χ0n) is 21.9. The normalized spacial score (nSPS) is 13.9. The molecular formula is C28H33N5O7. The Morgan fingerprint density at radius 2 is 1.45 bits per heavy atom. The van der Waals surface area contributed by atoms with Gasteiger partial charge in [0.1, 0.15) is 18.1 Å². The maximum atomic E-state index is 13.3. The van der Waals surface area contributed by atoms with Gasteiger partial charge in [0.25, 0.3) is 0 Å². The van der Waals surface area contributed by atoms with Gasteiger partial charge in [-0.25, -0.2) is 0 Å². The number of carbonyl (C=O) groups excluding carboxylic acids is 3. The molecule has 1 heterocycles. The average molecular weight is 552 g/mol. The molecule has 0 saturated heterocycles. The molecule has 2 aromatic carbocycles. The molecule has 0 fully saturated rings. The van der Waals surface area contributed by atoms with E-state index in [2.05, 4.69) is 20.9 Å². The van der Waals surface area contributed by atoms with Gasteiger partial charge in [0.15, 0.2) is 0 Å². The van der Waals surface area contributed by atoms with Gasteiger partial charge >= 0.3 is 11.9 Å². The minimum absolute atomic E-state index is 0.0322. The lowest BCUT2D eigenvalue weighted by atomic mass is 10.0. The van der Waals surface area contributed by atoms with Gasteiger partial charge in [-0.3, -0.25) is 24.0 Å². The third-order valence-electron chi connectivity index (χ3n) is 6.38. The molecule has 12 heteroatoms. The molecule has 0 saturated carbocycles. The van der Waals surface area contributed by atoms with Gasteiger partial charge in [-0.05, 0) is 37.0 Å². The highest BCUT2D eigenvalue weighted by Crippen LogP contribution is 2.19. The molecule has 3 rings (SSSR count). The van der Waals surface area contributed by atoms with E-state index in [1.54, 1.807) is 36.5 Å². The summed E-state index contributed by atoms with van der Waals surface area (Å²) in [7, 11) is 0. The summed E-state index contributed by atoms with van der Waals surface area (Å²) in [5, 5.41) is 26.7. The molecule has 1 aromatic heterocycles. The van der Waals surface area contributed by atoms with Crippen molar-refractivity contribution in [3.8, 4) is 0 Å². The van der Waals surface area contributed by atoms with E-state index in [1.165, 1.54) is 6.92 Å². The molecule has 0 aliphatic carbocycles. The van der Waals surface area contributed by atoms with Crippen LogP contribution in [0.4, 0.5) is 0 Å². The van der Waals surface area contributed by atoms with Crippen LogP contribution in [0.2, 0.25) is 0 Å². The SMILES string of the molecule is CC(NC(=O)C(Cc1ccccc1)NC(=O)C(CCC(=O)O)NC(=O)C(N)Cc1c[nH]c2ccccc12)C(=O)O. The van der Waals surface area contributed by atoms with Gasteiger partial charge in [-0.2, -0.15) is 0 Å². The number of hydrogen-bond acceptors (Lipinski definition) is 6. The smallest absolute Gasteiger partial charge is 0.325 e. The number of hydrogen-bond donors (Lipinski definition) is 7. The Bertz CT molecular complexity index is 1360. The molecular weight excluding hydrogens is 518 g/mol. The lowest BCUT2D eigenvalue weighted by Crippen LogP contribution is -2.57. The first-order valence-corrected chi connectivity index (χ1v) is 12.8. The van der Waals surface area contributed by atoms with Crippen LogP contribution in [0.3, 0.4) is 0 Å². The zero-order chi connectivity index (χ0) is 29.2. The van der Waals surface area contributed by atoms with Gasteiger partial charge in [0.05, 0.1) is 6.04 Å². The van der Waals surface area contributed by atoms with Crippen molar-refractivity contribution < 1.29 is 34.2 Å². The highest BCUT2D eigenvalue weighted by molar-refractivity contribution is 5.94. The maximum Gasteiger partial charge on any atom is 0.325 e. The second-order valence-corrected chi connectivity index (χ2v) is 9.48. The standard InChI is InChI=1S/C28H33N5O7/c1-16(28(39)40)31-27(38)23(13-17-7-3-2-4-8-17)33-26(37)22(11-12-24(34)35)32-25(36)20(29)14-18-15-30-21-10-6-5-9-19(18)21/h2-10,15-16,20,22-23,30H,11-14,29H2,1H3,(H,31,38)(H,32,36)(H,33,37)(H,34,35)(H,39,40). The number of carboxylic acids is 2. The van der Waals surface area contributed by atoms with E-state index in [1.807, 2.05) is 24.3 Å². The number of carboxylic acid groups (broad SMARTS) is 2. The predicted molar refractivity (Wildman–Crippen MR) is 146 cm³/mol. The number of benzene rings is 2. The summed E-state index contributed by atoms with van der Waals surface area (Å²) in [6, 6.07) is 11.5. The summed E-state index contributed by atoms with van der Waals surface area (Å²) >= 11 is 0. The van der Waals surface area contributed by atoms with Crippen LogP contribution in [0.25, 0.3) is 10.9 Å². The van der Waals surface area contributed by atoms with Crippen LogP contribution in [0.1, 0.15) is 30.9 Å². The number of aliphatic carboxylic acids is 2. The lowest BCUT2D eigenvalue weighted by Gasteiger charge is -2.24. The minimum atomic E-state index is -1.31. The number of para-hydroxylation sites is 1. The molecule has 3 aromatic rings. The van der Waals surface area contributed by atoms with Crippen molar-refractivity contribution in [1.29, 1.82) is 0 Å². The molecule has 212 valence electrons. The summed E-state index contributed by atoms with van der Waals surface area (Å²) in [5.41, 5.74) is 8.52. The second kappa shape index (κ2) is 13.9. The minimum Gasteiger partial charge on any atom is -0.481 e. The zero-order valence-corrected chi connectivity index (χ0v) is 21.9. The van der Waals surface area contributed by atoms with Crippen molar-refractivity contribution >= 4 is 40.6 Å². The maximum absolute atomic E-state index is 13.3. The highest BCUT2D eigenvalue weighted by atomic mass is 16.4. The molecule has 12 nitrogen and oxygen atoms in total. The van der Waals surface area contributed by atoms with Crippen LogP contribution in [0.15, 0.2) is 60.8 Å². The first kappa shape index (κ1) is 29.8. The van der Waals surface area contributed by atoms with Crippen LogP contribution >= 0.6 is 0 Å². The van der Waals surface area contributed by atoms with Crippen LogP contribution in [-0.4, -0.2) is 69.0 Å². The molecule has 0 aliphatic heterocycles. The van der Waals surface area contributed by atoms with Gasteiger partial charge in [-0.15, -0.1) is 0 Å².